The van der Waals surface area contributed by atoms with Crippen LogP contribution in [0.3, 0.4) is 0 Å². The number of nitrogens with zero attached hydrogens (tertiary/aromatic N) is 2. The highest BCUT2D eigenvalue weighted by molar-refractivity contribution is 5.74. The Morgan fingerprint density at radius 3 is 2.22 bits per heavy atom. The van der Waals surface area contributed by atoms with Crippen LogP contribution in [0.15, 0.2) is 78.9 Å². The lowest BCUT2D eigenvalue weighted by Gasteiger charge is -2.36. The molecule has 1 saturated heterocycles. The number of likely N-dealkylation sites (tertiary alicyclic amines) is 1. The summed E-state index contributed by atoms with van der Waals surface area (Å²) in [6, 6.07) is 26.7. The predicted octanol–water partition coefficient (Wildman–Crippen LogP) is 5.83. The average Bonchev–Trinajstić information content (AvgIpc) is 2.93. The molecule has 0 radical (unpaired) electrons. The summed E-state index contributed by atoms with van der Waals surface area (Å²) < 4.78 is 13.6. The Balaban J connectivity index is 1.07. The van der Waals surface area contributed by atoms with E-state index in [0.717, 1.165) is 43.6 Å². The number of carbonyl (C=O) groups excluding carboxylic acids is 1. The standard InChI is InChI=1S/C31H36FN3O/c32-29-13-12-24-16-21-35(23-28(24)22-29)31(36)33-17-7-18-34-19-14-27(15-20-34)30(25-8-3-1-4-9-25)26-10-5-2-6-11-26/h1-6,8-13,22,27,30H,7,14-21,23H2,(H,33,36). The van der Waals surface area contributed by atoms with Crippen molar-refractivity contribution >= 4 is 6.03 Å². The lowest BCUT2D eigenvalue weighted by Crippen LogP contribution is -2.43. The van der Waals surface area contributed by atoms with Gasteiger partial charge in [0.15, 0.2) is 0 Å². The molecule has 1 N–H and O–H groups in total. The summed E-state index contributed by atoms with van der Waals surface area (Å²) in [6.07, 6.45) is 4.09. The number of halogens is 1. The van der Waals surface area contributed by atoms with E-state index >= 15 is 0 Å². The summed E-state index contributed by atoms with van der Waals surface area (Å²) in [6.45, 7) is 5.04. The molecular formula is C31H36FN3O. The fourth-order valence-corrected chi connectivity index (χ4v) is 5.88. The number of benzene rings is 3. The minimum absolute atomic E-state index is 0.0443. The molecule has 0 unspecified atom stereocenters. The van der Waals surface area contributed by atoms with Gasteiger partial charge in [-0.2, -0.15) is 0 Å². The van der Waals surface area contributed by atoms with Gasteiger partial charge in [0.1, 0.15) is 5.82 Å². The molecular weight excluding hydrogens is 449 g/mol. The van der Waals surface area contributed by atoms with Gasteiger partial charge in [0.05, 0.1) is 0 Å². The fourth-order valence-electron chi connectivity index (χ4n) is 5.88. The minimum Gasteiger partial charge on any atom is -0.338 e. The summed E-state index contributed by atoms with van der Waals surface area (Å²) in [5, 5.41) is 3.07. The second-order valence-corrected chi connectivity index (χ2v) is 10.1. The van der Waals surface area contributed by atoms with Gasteiger partial charge in [0, 0.05) is 25.6 Å². The van der Waals surface area contributed by atoms with E-state index in [1.165, 1.54) is 30.0 Å². The third kappa shape index (κ3) is 5.96. The highest BCUT2D eigenvalue weighted by Gasteiger charge is 2.28. The monoisotopic (exact) mass is 485 g/mol. The summed E-state index contributed by atoms with van der Waals surface area (Å²) in [4.78, 5) is 17.0. The molecule has 2 heterocycles. The van der Waals surface area contributed by atoms with Crippen LogP contribution in [0.2, 0.25) is 0 Å². The smallest absolute Gasteiger partial charge is 0.317 e. The van der Waals surface area contributed by atoms with Crippen LogP contribution in [-0.4, -0.2) is 48.6 Å². The summed E-state index contributed by atoms with van der Waals surface area (Å²) >= 11 is 0. The predicted molar refractivity (Wildman–Crippen MR) is 142 cm³/mol. The Morgan fingerprint density at radius 2 is 1.56 bits per heavy atom. The Morgan fingerprint density at radius 1 is 0.889 bits per heavy atom. The number of amides is 2. The van der Waals surface area contributed by atoms with Gasteiger partial charge < -0.3 is 15.1 Å². The van der Waals surface area contributed by atoms with Crippen molar-refractivity contribution in [3.05, 3.63) is 107 Å². The van der Waals surface area contributed by atoms with E-state index in [2.05, 4.69) is 70.9 Å². The lowest BCUT2D eigenvalue weighted by molar-refractivity contribution is 0.171. The van der Waals surface area contributed by atoms with Crippen molar-refractivity contribution in [1.82, 2.24) is 15.1 Å². The zero-order valence-corrected chi connectivity index (χ0v) is 20.9. The molecule has 5 rings (SSSR count). The van der Waals surface area contributed by atoms with Gasteiger partial charge in [0.2, 0.25) is 0 Å². The van der Waals surface area contributed by atoms with Crippen molar-refractivity contribution in [2.75, 3.05) is 32.7 Å². The van der Waals surface area contributed by atoms with E-state index in [1.807, 2.05) is 6.07 Å². The summed E-state index contributed by atoms with van der Waals surface area (Å²) in [7, 11) is 0. The number of nitrogens with one attached hydrogen (secondary N) is 1. The van der Waals surface area contributed by atoms with E-state index in [1.54, 1.807) is 11.0 Å². The van der Waals surface area contributed by atoms with Crippen LogP contribution < -0.4 is 5.32 Å². The molecule has 36 heavy (non-hydrogen) atoms. The molecule has 0 spiro atoms. The van der Waals surface area contributed by atoms with Crippen molar-refractivity contribution in [3.8, 4) is 0 Å². The first kappa shape index (κ1) is 24.5. The van der Waals surface area contributed by atoms with Crippen LogP contribution in [-0.2, 0) is 13.0 Å². The molecule has 0 aliphatic carbocycles. The topological polar surface area (TPSA) is 35.6 Å². The zero-order valence-electron chi connectivity index (χ0n) is 20.9. The first-order valence-corrected chi connectivity index (χ1v) is 13.3. The van der Waals surface area contributed by atoms with E-state index < -0.39 is 0 Å². The van der Waals surface area contributed by atoms with Gasteiger partial charge in [-0.25, -0.2) is 9.18 Å². The van der Waals surface area contributed by atoms with Gasteiger partial charge in [0.25, 0.3) is 0 Å². The second-order valence-electron chi connectivity index (χ2n) is 10.1. The largest absolute Gasteiger partial charge is 0.338 e. The first-order valence-electron chi connectivity index (χ1n) is 13.3. The van der Waals surface area contributed by atoms with Crippen LogP contribution in [0.25, 0.3) is 0 Å². The highest BCUT2D eigenvalue weighted by Crippen LogP contribution is 2.37. The van der Waals surface area contributed by atoms with Gasteiger partial charge in [-0.05, 0) is 85.6 Å². The van der Waals surface area contributed by atoms with E-state index in [0.29, 0.717) is 31.5 Å². The molecule has 2 aliphatic rings. The van der Waals surface area contributed by atoms with Crippen molar-refractivity contribution in [2.45, 2.75) is 38.1 Å². The molecule has 2 aliphatic heterocycles. The van der Waals surface area contributed by atoms with Crippen molar-refractivity contribution in [3.63, 3.8) is 0 Å². The number of fused-ring (bicyclic) bond motifs is 1. The number of urea groups is 1. The van der Waals surface area contributed by atoms with Crippen molar-refractivity contribution < 1.29 is 9.18 Å². The fraction of sp³-hybridized carbons (Fsp3) is 0.387. The molecule has 0 saturated carbocycles. The Kier molecular flexibility index (Phi) is 7.97. The maximum atomic E-state index is 13.6. The molecule has 2 amide bonds. The number of hydrogen-bond acceptors (Lipinski definition) is 2. The third-order valence-electron chi connectivity index (χ3n) is 7.82. The average molecular weight is 486 g/mol. The normalized spacial score (nSPS) is 16.7. The molecule has 0 atom stereocenters. The molecule has 3 aromatic rings. The van der Waals surface area contributed by atoms with Gasteiger partial charge >= 0.3 is 6.03 Å². The van der Waals surface area contributed by atoms with Crippen LogP contribution in [0.5, 0.6) is 0 Å². The van der Waals surface area contributed by atoms with Crippen LogP contribution in [0.4, 0.5) is 9.18 Å². The van der Waals surface area contributed by atoms with Gasteiger partial charge in [-0.3, -0.25) is 0 Å². The Hall–Kier alpha value is -3.18. The van der Waals surface area contributed by atoms with Crippen LogP contribution in [0.1, 0.15) is 47.4 Å². The summed E-state index contributed by atoms with van der Waals surface area (Å²) in [5.74, 6) is 0.841. The molecule has 188 valence electrons. The lowest BCUT2D eigenvalue weighted by atomic mass is 9.76. The molecule has 3 aromatic carbocycles. The van der Waals surface area contributed by atoms with E-state index in [4.69, 9.17) is 0 Å². The molecule has 4 nitrogen and oxygen atoms in total. The molecule has 0 bridgehead atoms. The van der Waals surface area contributed by atoms with Gasteiger partial charge in [-0.15, -0.1) is 0 Å². The highest BCUT2D eigenvalue weighted by atomic mass is 19.1. The third-order valence-corrected chi connectivity index (χ3v) is 7.82. The van der Waals surface area contributed by atoms with E-state index in [-0.39, 0.29) is 11.8 Å². The molecule has 1 fully saturated rings. The Labute approximate surface area is 214 Å². The maximum Gasteiger partial charge on any atom is 0.317 e. The number of hydrogen-bond donors (Lipinski definition) is 1. The van der Waals surface area contributed by atoms with Crippen molar-refractivity contribution in [2.24, 2.45) is 5.92 Å². The summed E-state index contributed by atoms with van der Waals surface area (Å²) in [5.41, 5.74) is 4.88. The minimum atomic E-state index is -0.237. The number of carbonyl (C=O) groups is 1. The second kappa shape index (κ2) is 11.7. The van der Waals surface area contributed by atoms with Crippen molar-refractivity contribution in [1.29, 1.82) is 0 Å². The Bertz CT molecular complexity index is 1090. The van der Waals surface area contributed by atoms with E-state index in [9.17, 15) is 9.18 Å². The number of rotatable bonds is 7. The quantitative estimate of drug-likeness (QED) is 0.428. The number of piperidine rings is 1. The molecule has 5 heteroatoms. The SMILES string of the molecule is O=C(NCCCN1CCC(C(c2ccccc2)c2ccccc2)CC1)N1CCc2ccc(F)cc2C1. The van der Waals surface area contributed by atoms with Crippen LogP contribution >= 0.6 is 0 Å². The van der Waals surface area contributed by atoms with Crippen LogP contribution in [0, 0.1) is 11.7 Å². The first-order chi connectivity index (χ1) is 17.7. The maximum absolute atomic E-state index is 13.6. The zero-order chi connectivity index (χ0) is 24.7. The molecule has 0 aromatic heterocycles. The van der Waals surface area contributed by atoms with Gasteiger partial charge in [-0.1, -0.05) is 66.7 Å².